The molecule has 0 aliphatic heterocycles. The third kappa shape index (κ3) is 3.35. The molecule has 0 saturated heterocycles. The Bertz CT molecular complexity index is 512. The molecule has 0 bridgehead atoms. The Morgan fingerprint density at radius 2 is 1.79 bits per heavy atom. The predicted octanol–water partition coefficient (Wildman–Crippen LogP) is 3.98. The quantitative estimate of drug-likeness (QED) is 0.828. The molecule has 3 heteroatoms. The van der Waals surface area contributed by atoms with E-state index in [9.17, 15) is 0 Å². The Labute approximate surface area is 120 Å². The third-order valence-electron chi connectivity index (χ3n) is 3.43. The predicted molar refractivity (Wildman–Crippen MR) is 85.6 cm³/mol. The Morgan fingerprint density at radius 3 is 2.42 bits per heavy atom. The van der Waals surface area contributed by atoms with Crippen LogP contribution in [0.1, 0.15) is 37.1 Å². The number of rotatable bonds is 7. The molecule has 1 aromatic carbocycles. The van der Waals surface area contributed by atoms with E-state index in [1.165, 1.54) is 46.5 Å². The number of benzene rings is 1. The molecule has 0 aliphatic rings. The summed E-state index contributed by atoms with van der Waals surface area (Å²) in [5.41, 5.74) is 7.38. The third-order valence-corrected chi connectivity index (χ3v) is 4.66. The van der Waals surface area contributed by atoms with Gasteiger partial charge in [0.2, 0.25) is 0 Å². The number of nitrogens with zero attached hydrogens (tertiary/aromatic N) is 1. The summed E-state index contributed by atoms with van der Waals surface area (Å²) in [5.74, 6) is 0. The topological polar surface area (TPSA) is 29.3 Å². The molecular formula is C16H24N2S. The molecule has 1 heterocycles. The second-order valence-corrected chi connectivity index (χ2v) is 6.12. The first-order chi connectivity index (χ1) is 9.30. The van der Waals surface area contributed by atoms with Gasteiger partial charge in [-0.3, -0.25) is 4.90 Å². The zero-order valence-electron chi connectivity index (χ0n) is 12.0. The van der Waals surface area contributed by atoms with Gasteiger partial charge in [0.05, 0.1) is 0 Å². The maximum atomic E-state index is 5.93. The van der Waals surface area contributed by atoms with Gasteiger partial charge in [-0.15, -0.1) is 11.3 Å². The Kier molecular flexibility index (Phi) is 5.37. The number of nitrogens with two attached hydrogens (primary N) is 1. The monoisotopic (exact) mass is 276 g/mol. The molecule has 0 unspecified atom stereocenters. The van der Waals surface area contributed by atoms with E-state index in [1.54, 1.807) is 0 Å². The summed E-state index contributed by atoms with van der Waals surface area (Å²) in [7, 11) is 0. The fourth-order valence-corrected chi connectivity index (χ4v) is 3.71. The number of hydrogen-bond donors (Lipinski definition) is 1. The van der Waals surface area contributed by atoms with Gasteiger partial charge in [0, 0.05) is 22.7 Å². The van der Waals surface area contributed by atoms with Gasteiger partial charge in [0.25, 0.3) is 0 Å². The maximum absolute atomic E-state index is 5.93. The fourth-order valence-electron chi connectivity index (χ4n) is 2.61. The van der Waals surface area contributed by atoms with Gasteiger partial charge in [-0.2, -0.15) is 0 Å². The Hall–Kier alpha value is -0.900. The molecule has 0 spiro atoms. The standard InChI is InChI=1S/C16H24N2S/c1-3-9-18(10-4-2)12-14-13-7-5-6-8-15(13)19-16(14)11-17/h5-8H,3-4,9-12,17H2,1-2H3. The van der Waals surface area contributed by atoms with Crippen LogP contribution in [0, 0.1) is 0 Å². The van der Waals surface area contributed by atoms with Crippen molar-refractivity contribution >= 4 is 21.4 Å². The molecule has 104 valence electrons. The SMILES string of the molecule is CCCN(CCC)Cc1c(CN)sc2ccccc12. The summed E-state index contributed by atoms with van der Waals surface area (Å²) in [4.78, 5) is 3.90. The normalized spacial score (nSPS) is 11.6. The van der Waals surface area contributed by atoms with Crippen molar-refractivity contribution in [3.05, 3.63) is 34.7 Å². The second-order valence-electron chi connectivity index (χ2n) is 4.98. The molecule has 0 saturated carbocycles. The highest BCUT2D eigenvalue weighted by molar-refractivity contribution is 7.19. The van der Waals surface area contributed by atoms with Crippen LogP contribution in [0.3, 0.4) is 0 Å². The molecule has 0 atom stereocenters. The van der Waals surface area contributed by atoms with E-state index < -0.39 is 0 Å². The summed E-state index contributed by atoms with van der Waals surface area (Å²) >= 11 is 1.85. The Balaban J connectivity index is 2.31. The van der Waals surface area contributed by atoms with Crippen molar-refractivity contribution in [1.82, 2.24) is 4.90 Å². The minimum Gasteiger partial charge on any atom is -0.326 e. The van der Waals surface area contributed by atoms with E-state index in [0.29, 0.717) is 6.54 Å². The molecule has 2 rings (SSSR count). The van der Waals surface area contributed by atoms with Gasteiger partial charge in [0.15, 0.2) is 0 Å². The summed E-state index contributed by atoms with van der Waals surface area (Å²) in [5, 5.41) is 1.39. The van der Waals surface area contributed by atoms with Crippen molar-refractivity contribution in [1.29, 1.82) is 0 Å². The van der Waals surface area contributed by atoms with Crippen LogP contribution in [0.4, 0.5) is 0 Å². The summed E-state index contributed by atoms with van der Waals surface area (Å²) in [6, 6.07) is 8.67. The smallest absolute Gasteiger partial charge is 0.0349 e. The van der Waals surface area contributed by atoms with E-state index in [0.717, 1.165) is 6.54 Å². The molecule has 0 radical (unpaired) electrons. The number of thiophene rings is 1. The van der Waals surface area contributed by atoms with Crippen molar-refractivity contribution in [3.63, 3.8) is 0 Å². The van der Waals surface area contributed by atoms with Crippen molar-refractivity contribution in [2.75, 3.05) is 13.1 Å². The molecule has 1 aromatic heterocycles. The molecule has 2 N–H and O–H groups in total. The van der Waals surface area contributed by atoms with E-state index in [-0.39, 0.29) is 0 Å². The van der Waals surface area contributed by atoms with Crippen LogP contribution in [-0.4, -0.2) is 18.0 Å². The lowest BCUT2D eigenvalue weighted by atomic mass is 10.1. The van der Waals surface area contributed by atoms with Gasteiger partial charge in [-0.05, 0) is 42.9 Å². The van der Waals surface area contributed by atoms with Gasteiger partial charge in [0.1, 0.15) is 0 Å². The van der Waals surface area contributed by atoms with E-state index >= 15 is 0 Å². The average Bonchev–Trinajstić information content (AvgIpc) is 2.78. The van der Waals surface area contributed by atoms with E-state index in [2.05, 4.69) is 43.0 Å². The first-order valence-corrected chi connectivity index (χ1v) is 8.03. The van der Waals surface area contributed by atoms with Crippen LogP contribution in [0.5, 0.6) is 0 Å². The minimum atomic E-state index is 0.654. The molecular weight excluding hydrogens is 252 g/mol. The highest BCUT2D eigenvalue weighted by Gasteiger charge is 2.13. The average molecular weight is 276 g/mol. The summed E-state index contributed by atoms with van der Waals surface area (Å²) < 4.78 is 1.37. The molecule has 0 amide bonds. The fraction of sp³-hybridized carbons (Fsp3) is 0.500. The largest absolute Gasteiger partial charge is 0.326 e. The lowest BCUT2D eigenvalue weighted by Crippen LogP contribution is -2.25. The lowest BCUT2D eigenvalue weighted by Gasteiger charge is -2.21. The lowest BCUT2D eigenvalue weighted by molar-refractivity contribution is 0.267. The molecule has 2 nitrogen and oxygen atoms in total. The second kappa shape index (κ2) is 7.04. The van der Waals surface area contributed by atoms with Crippen LogP contribution in [0.15, 0.2) is 24.3 Å². The van der Waals surface area contributed by atoms with Crippen molar-refractivity contribution in [2.24, 2.45) is 5.73 Å². The zero-order chi connectivity index (χ0) is 13.7. The highest BCUT2D eigenvalue weighted by atomic mass is 32.1. The molecule has 0 fully saturated rings. The van der Waals surface area contributed by atoms with Crippen LogP contribution in [0.2, 0.25) is 0 Å². The molecule has 0 aliphatic carbocycles. The van der Waals surface area contributed by atoms with Gasteiger partial charge < -0.3 is 5.73 Å². The van der Waals surface area contributed by atoms with Crippen molar-refractivity contribution in [3.8, 4) is 0 Å². The first kappa shape index (κ1) is 14.5. The summed E-state index contributed by atoms with van der Waals surface area (Å²) in [6.45, 7) is 8.53. The van der Waals surface area contributed by atoms with Gasteiger partial charge >= 0.3 is 0 Å². The highest BCUT2D eigenvalue weighted by Crippen LogP contribution is 2.32. The van der Waals surface area contributed by atoms with E-state index in [4.69, 9.17) is 5.73 Å². The minimum absolute atomic E-state index is 0.654. The van der Waals surface area contributed by atoms with Crippen molar-refractivity contribution < 1.29 is 0 Å². The van der Waals surface area contributed by atoms with E-state index in [1.807, 2.05) is 11.3 Å². The zero-order valence-corrected chi connectivity index (χ0v) is 12.8. The van der Waals surface area contributed by atoms with Crippen molar-refractivity contribution in [2.45, 2.75) is 39.8 Å². The van der Waals surface area contributed by atoms with Gasteiger partial charge in [-0.25, -0.2) is 0 Å². The number of hydrogen-bond acceptors (Lipinski definition) is 3. The summed E-state index contributed by atoms with van der Waals surface area (Å²) in [6.07, 6.45) is 2.42. The first-order valence-electron chi connectivity index (χ1n) is 7.21. The molecule has 2 aromatic rings. The van der Waals surface area contributed by atoms with Crippen LogP contribution in [-0.2, 0) is 13.1 Å². The van der Waals surface area contributed by atoms with Crippen LogP contribution >= 0.6 is 11.3 Å². The maximum Gasteiger partial charge on any atom is 0.0349 e. The Morgan fingerprint density at radius 1 is 1.11 bits per heavy atom. The van der Waals surface area contributed by atoms with Crippen LogP contribution < -0.4 is 5.73 Å². The number of fused-ring (bicyclic) bond motifs is 1. The van der Waals surface area contributed by atoms with Crippen LogP contribution in [0.25, 0.3) is 10.1 Å². The van der Waals surface area contributed by atoms with Gasteiger partial charge in [-0.1, -0.05) is 32.0 Å². The molecule has 19 heavy (non-hydrogen) atoms.